The maximum absolute atomic E-state index is 12.3. The minimum atomic E-state index is -3.28. The molecule has 0 aliphatic carbocycles. The van der Waals surface area contributed by atoms with E-state index in [1.165, 1.54) is 11.2 Å². The van der Waals surface area contributed by atoms with Gasteiger partial charge in [-0.1, -0.05) is 0 Å². The molecule has 1 N–H and O–H groups in total. The number of ether oxygens (including phenoxy) is 1. The van der Waals surface area contributed by atoms with E-state index in [1.807, 2.05) is 0 Å². The van der Waals surface area contributed by atoms with Crippen molar-refractivity contribution in [2.24, 2.45) is 0 Å². The minimum Gasteiger partial charge on any atom is -0.394 e. The Hall–Kier alpha value is -1.05. The number of aromatic nitrogens is 2. The van der Waals surface area contributed by atoms with Crippen molar-refractivity contribution in [3.63, 3.8) is 0 Å². The van der Waals surface area contributed by atoms with Gasteiger partial charge in [0.05, 0.1) is 18.8 Å². The first-order chi connectivity index (χ1) is 10.7. The van der Waals surface area contributed by atoms with Crippen molar-refractivity contribution in [2.45, 2.75) is 51.7 Å². The first-order valence-corrected chi connectivity index (χ1v) is 9.47. The Bertz CT molecular complexity index is 646. The maximum Gasteiger partial charge on any atom is 0.349 e. The fourth-order valence-corrected chi connectivity index (χ4v) is 4.05. The third-order valence-corrected chi connectivity index (χ3v) is 4.83. The van der Waals surface area contributed by atoms with Crippen LogP contribution >= 0.6 is 7.60 Å². The van der Waals surface area contributed by atoms with E-state index in [0.29, 0.717) is 5.69 Å². The Balaban J connectivity index is 2.14. The van der Waals surface area contributed by atoms with Crippen LogP contribution in [0, 0.1) is 6.92 Å². The summed E-state index contributed by atoms with van der Waals surface area (Å²) >= 11 is 0. The summed E-state index contributed by atoms with van der Waals surface area (Å²) in [6, 6.07) is 1.69. The predicted octanol–water partition coefficient (Wildman–Crippen LogP) is 1.46. The van der Waals surface area contributed by atoms with E-state index in [2.05, 4.69) is 4.98 Å². The lowest BCUT2D eigenvalue weighted by atomic mass is 10.2. The van der Waals surface area contributed by atoms with E-state index in [9.17, 15) is 14.5 Å². The Kier molecular flexibility index (Phi) is 5.75. The molecule has 4 atom stereocenters. The van der Waals surface area contributed by atoms with Crippen LogP contribution in [-0.2, 0) is 18.3 Å². The molecule has 2 unspecified atom stereocenters. The van der Waals surface area contributed by atoms with Crippen LogP contribution in [0.25, 0.3) is 0 Å². The fraction of sp³-hybridized carbons (Fsp3) is 0.714. The van der Waals surface area contributed by atoms with Gasteiger partial charge in [0.1, 0.15) is 12.3 Å². The molecule has 1 saturated heterocycles. The molecule has 2 rings (SSSR count). The largest absolute Gasteiger partial charge is 0.394 e. The van der Waals surface area contributed by atoms with Crippen LogP contribution in [0.1, 0.15) is 32.2 Å². The molecule has 8 nitrogen and oxygen atoms in total. The minimum absolute atomic E-state index is 0.250. The number of nitrogens with zero attached hydrogens (tertiary/aromatic N) is 2. The highest BCUT2D eigenvalue weighted by Crippen LogP contribution is 2.49. The number of aryl methyl sites for hydroxylation is 1. The quantitative estimate of drug-likeness (QED) is 0.779. The Morgan fingerprint density at radius 3 is 2.83 bits per heavy atom. The molecule has 0 amide bonds. The van der Waals surface area contributed by atoms with Crippen molar-refractivity contribution in [2.75, 3.05) is 13.3 Å². The standard InChI is InChI=1S/C14H23N2O6P/c1-9(2)21-23(4,19)22-11-7-13(20-12(11)8-17)16-6-5-10(3)15-14(16)18/h5-6,9,11-13,17H,7-8H2,1-4H3/t11?,12-,13-,23?/m1/s1. The summed E-state index contributed by atoms with van der Waals surface area (Å²) in [6.45, 7) is 6.31. The Morgan fingerprint density at radius 1 is 1.57 bits per heavy atom. The van der Waals surface area contributed by atoms with Crippen molar-refractivity contribution in [3.8, 4) is 0 Å². The van der Waals surface area contributed by atoms with Crippen LogP contribution < -0.4 is 5.69 Å². The Morgan fingerprint density at radius 2 is 2.26 bits per heavy atom. The zero-order valence-corrected chi connectivity index (χ0v) is 14.6. The molecule has 1 fully saturated rings. The van der Waals surface area contributed by atoms with Gasteiger partial charge in [0.15, 0.2) is 0 Å². The zero-order chi connectivity index (χ0) is 17.2. The molecule has 1 aliphatic heterocycles. The molecule has 0 spiro atoms. The van der Waals surface area contributed by atoms with E-state index in [0.717, 1.165) is 0 Å². The molecular formula is C14H23N2O6P. The van der Waals surface area contributed by atoms with Gasteiger partial charge < -0.3 is 18.9 Å². The Labute approximate surface area is 134 Å². The molecule has 2 heterocycles. The summed E-state index contributed by atoms with van der Waals surface area (Å²) in [5, 5.41) is 9.45. The van der Waals surface area contributed by atoms with Gasteiger partial charge in [-0.2, -0.15) is 4.98 Å². The van der Waals surface area contributed by atoms with Gasteiger partial charge in [0.25, 0.3) is 0 Å². The third-order valence-electron chi connectivity index (χ3n) is 3.37. The van der Waals surface area contributed by atoms with Gasteiger partial charge in [-0.25, -0.2) is 4.79 Å². The van der Waals surface area contributed by atoms with Gasteiger partial charge in [0, 0.05) is 25.0 Å². The summed E-state index contributed by atoms with van der Waals surface area (Å²) in [5.41, 5.74) is 0.171. The van der Waals surface area contributed by atoms with Crippen LogP contribution in [0.4, 0.5) is 0 Å². The third kappa shape index (κ3) is 4.71. The second-order valence-electron chi connectivity index (χ2n) is 5.88. The molecular weight excluding hydrogens is 323 g/mol. The second kappa shape index (κ2) is 7.23. The van der Waals surface area contributed by atoms with E-state index in [4.69, 9.17) is 13.8 Å². The first-order valence-electron chi connectivity index (χ1n) is 7.48. The smallest absolute Gasteiger partial charge is 0.349 e. The van der Waals surface area contributed by atoms with Crippen LogP contribution in [0.15, 0.2) is 17.1 Å². The molecule has 0 saturated carbocycles. The van der Waals surface area contributed by atoms with E-state index >= 15 is 0 Å². The molecule has 0 bridgehead atoms. The SMILES string of the molecule is Cc1ccn([C@H]2CC(OP(C)(=O)OC(C)C)[C@@H](CO)O2)c(=O)n1. The van der Waals surface area contributed by atoms with Crippen LogP contribution in [0.2, 0.25) is 0 Å². The lowest BCUT2D eigenvalue weighted by Crippen LogP contribution is -2.28. The number of rotatable bonds is 6. The predicted molar refractivity (Wildman–Crippen MR) is 83.5 cm³/mol. The van der Waals surface area contributed by atoms with E-state index in [-0.39, 0.29) is 19.1 Å². The van der Waals surface area contributed by atoms with Gasteiger partial charge >= 0.3 is 13.3 Å². The average Bonchev–Trinajstić information content (AvgIpc) is 2.78. The first kappa shape index (κ1) is 18.3. The molecule has 1 aromatic heterocycles. The lowest BCUT2D eigenvalue weighted by molar-refractivity contribution is -0.0441. The summed E-state index contributed by atoms with van der Waals surface area (Å²) in [7, 11) is -3.28. The van der Waals surface area contributed by atoms with Crippen molar-refractivity contribution < 1.29 is 23.5 Å². The molecule has 130 valence electrons. The van der Waals surface area contributed by atoms with Crippen LogP contribution in [-0.4, -0.2) is 46.2 Å². The van der Waals surface area contributed by atoms with Crippen molar-refractivity contribution in [3.05, 3.63) is 28.4 Å². The number of hydrogen-bond donors (Lipinski definition) is 1. The highest BCUT2D eigenvalue weighted by molar-refractivity contribution is 7.53. The highest BCUT2D eigenvalue weighted by Gasteiger charge is 2.40. The van der Waals surface area contributed by atoms with Crippen LogP contribution in [0.3, 0.4) is 0 Å². The van der Waals surface area contributed by atoms with Crippen LogP contribution in [0.5, 0.6) is 0 Å². The molecule has 0 radical (unpaired) electrons. The van der Waals surface area contributed by atoms with Gasteiger partial charge in [0.2, 0.25) is 0 Å². The lowest BCUT2D eigenvalue weighted by Gasteiger charge is -2.22. The summed E-state index contributed by atoms with van der Waals surface area (Å²) < 4.78 is 30.2. The average molecular weight is 346 g/mol. The van der Waals surface area contributed by atoms with Gasteiger partial charge in [-0.3, -0.25) is 9.13 Å². The molecule has 0 aromatic carbocycles. The zero-order valence-electron chi connectivity index (χ0n) is 13.7. The summed E-state index contributed by atoms with van der Waals surface area (Å²) in [5.74, 6) is 0. The topological polar surface area (TPSA) is 99.9 Å². The number of hydrogen-bond acceptors (Lipinski definition) is 7. The number of aliphatic hydroxyl groups is 1. The second-order valence-corrected chi connectivity index (χ2v) is 7.84. The van der Waals surface area contributed by atoms with Crippen molar-refractivity contribution in [1.82, 2.24) is 9.55 Å². The monoisotopic (exact) mass is 346 g/mol. The molecule has 9 heteroatoms. The van der Waals surface area contributed by atoms with Crippen molar-refractivity contribution in [1.29, 1.82) is 0 Å². The highest BCUT2D eigenvalue weighted by atomic mass is 31.2. The number of aliphatic hydroxyl groups excluding tert-OH is 1. The molecule has 1 aromatic rings. The van der Waals surface area contributed by atoms with E-state index in [1.54, 1.807) is 33.0 Å². The van der Waals surface area contributed by atoms with E-state index < -0.39 is 31.7 Å². The van der Waals surface area contributed by atoms with Gasteiger partial charge in [-0.15, -0.1) is 0 Å². The molecule has 1 aliphatic rings. The maximum atomic E-state index is 12.3. The normalized spacial score (nSPS) is 27.3. The van der Waals surface area contributed by atoms with Gasteiger partial charge in [-0.05, 0) is 26.8 Å². The fourth-order valence-electron chi connectivity index (χ4n) is 2.52. The molecule has 23 heavy (non-hydrogen) atoms. The summed E-state index contributed by atoms with van der Waals surface area (Å²) in [6.07, 6.45) is -0.334. The summed E-state index contributed by atoms with van der Waals surface area (Å²) in [4.78, 5) is 15.8. The van der Waals surface area contributed by atoms with Crippen molar-refractivity contribution >= 4 is 7.60 Å².